The third kappa shape index (κ3) is 2.14. The van der Waals surface area contributed by atoms with Crippen molar-refractivity contribution in [2.45, 2.75) is 11.3 Å². The lowest BCUT2D eigenvalue weighted by Gasteiger charge is -2.29. The molecule has 1 aromatic rings. The molecule has 1 atom stereocenters. The second-order valence-electron chi connectivity index (χ2n) is 4.09. The third-order valence-corrected chi connectivity index (χ3v) is 3.38. The topological polar surface area (TPSA) is 46.5 Å². The quantitative estimate of drug-likeness (QED) is 0.674. The van der Waals surface area contributed by atoms with E-state index in [1.807, 2.05) is 30.3 Å². The van der Waals surface area contributed by atoms with Gasteiger partial charge in [0.2, 0.25) is 0 Å². The molecule has 4 heteroatoms. The van der Waals surface area contributed by atoms with E-state index in [-0.39, 0.29) is 12.2 Å². The average Bonchev–Trinajstić information content (AvgIpc) is 2.42. The SMILES string of the molecule is COC1=C(O)C=C(c2ccccc2)C(Cl)(C=O)C1. The van der Waals surface area contributed by atoms with Gasteiger partial charge >= 0.3 is 0 Å². The summed E-state index contributed by atoms with van der Waals surface area (Å²) in [6.07, 6.45) is 2.30. The van der Waals surface area contributed by atoms with E-state index in [4.69, 9.17) is 16.3 Å². The molecule has 1 aliphatic rings. The van der Waals surface area contributed by atoms with Crippen LogP contribution in [0.25, 0.3) is 5.57 Å². The molecule has 0 spiro atoms. The van der Waals surface area contributed by atoms with E-state index in [1.165, 1.54) is 13.2 Å². The minimum atomic E-state index is -1.20. The van der Waals surface area contributed by atoms with Crippen LogP contribution in [0.4, 0.5) is 0 Å². The number of ether oxygens (including phenoxy) is 1. The van der Waals surface area contributed by atoms with E-state index in [1.54, 1.807) is 0 Å². The van der Waals surface area contributed by atoms with Crippen LogP contribution in [0.15, 0.2) is 47.9 Å². The fraction of sp³-hybridized carbons (Fsp3) is 0.214. The van der Waals surface area contributed by atoms with Crippen LogP contribution in [-0.4, -0.2) is 23.4 Å². The van der Waals surface area contributed by atoms with Crippen LogP contribution in [0, 0.1) is 0 Å². The number of halogens is 1. The van der Waals surface area contributed by atoms with Gasteiger partial charge in [-0.05, 0) is 17.2 Å². The third-order valence-electron chi connectivity index (χ3n) is 2.95. The first-order valence-electron chi connectivity index (χ1n) is 5.49. The van der Waals surface area contributed by atoms with Crippen molar-refractivity contribution in [3.63, 3.8) is 0 Å². The maximum absolute atomic E-state index is 11.3. The number of benzene rings is 1. The number of methoxy groups -OCH3 is 1. The average molecular weight is 265 g/mol. The highest BCUT2D eigenvalue weighted by Crippen LogP contribution is 2.41. The van der Waals surface area contributed by atoms with Crippen LogP contribution >= 0.6 is 11.6 Å². The number of aliphatic hydroxyl groups is 1. The van der Waals surface area contributed by atoms with Gasteiger partial charge in [-0.2, -0.15) is 0 Å². The number of alkyl halides is 1. The fourth-order valence-electron chi connectivity index (χ4n) is 1.98. The molecule has 1 unspecified atom stereocenters. The molecule has 0 bridgehead atoms. The maximum atomic E-state index is 11.3. The summed E-state index contributed by atoms with van der Waals surface area (Å²) in [5, 5.41) is 9.83. The summed E-state index contributed by atoms with van der Waals surface area (Å²) in [5.41, 5.74) is 1.39. The number of aliphatic hydroxyl groups excluding tert-OH is 1. The highest BCUT2D eigenvalue weighted by Gasteiger charge is 2.38. The Balaban J connectivity index is 2.55. The first-order chi connectivity index (χ1) is 8.60. The lowest BCUT2D eigenvalue weighted by molar-refractivity contribution is -0.109. The Morgan fingerprint density at radius 1 is 1.39 bits per heavy atom. The molecule has 0 heterocycles. The normalized spacial score (nSPS) is 23.6. The van der Waals surface area contributed by atoms with Crippen LogP contribution in [-0.2, 0) is 9.53 Å². The number of carbonyl (C=O) groups excluding carboxylic acids is 1. The van der Waals surface area contributed by atoms with Gasteiger partial charge in [-0.25, -0.2) is 0 Å². The Kier molecular flexibility index (Phi) is 3.43. The molecule has 0 amide bonds. The van der Waals surface area contributed by atoms with Crippen molar-refractivity contribution >= 4 is 23.5 Å². The Hall–Kier alpha value is -1.74. The summed E-state index contributed by atoms with van der Waals surface area (Å²) < 4.78 is 5.03. The van der Waals surface area contributed by atoms with Gasteiger partial charge in [0.1, 0.15) is 16.9 Å². The standard InChI is InChI=1S/C14H13ClO3/c1-18-13-8-14(15,9-16)11(7-12(13)17)10-5-3-2-4-6-10/h2-7,9,17H,8H2,1H3. The molecule has 2 rings (SSSR count). The second-order valence-corrected chi connectivity index (χ2v) is 4.77. The molecule has 0 fully saturated rings. The van der Waals surface area contributed by atoms with E-state index in [9.17, 15) is 9.90 Å². The molecule has 0 aromatic heterocycles. The Labute approximate surface area is 110 Å². The van der Waals surface area contributed by atoms with Gasteiger partial charge in [0.05, 0.1) is 7.11 Å². The highest BCUT2D eigenvalue weighted by atomic mass is 35.5. The van der Waals surface area contributed by atoms with Crippen molar-refractivity contribution in [2.24, 2.45) is 0 Å². The van der Waals surface area contributed by atoms with E-state index in [0.29, 0.717) is 17.6 Å². The summed E-state index contributed by atoms with van der Waals surface area (Å²) in [5.74, 6) is 0.325. The lowest BCUT2D eigenvalue weighted by Crippen LogP contribution is -2.29. The Bertz CT molecular complexity index is 519. The predicted octanol–water partition coefficient (Wildman–Crippen LogP) is 3.07. The highest BCUT2D eigenvalue weighted by molar-refractivity contribution is 6.38. The number of allylic oxidation sites excluding steroid dienone is 3. The first-order valence-corrected chi connectivity index (χ1v) is 5.87. The van der Waals surface area contributed by atoms with Gasteiger partial charge in [-0.15, -0.1) is 11.6 Å². The molecular formula is C14H13ClO3. The van der Waals surface area contributed by atoms with Gasteiger partial charge in [0, 0.05) is 6.42 Å². The minimum Gasteiger partial charge on any atom is -0.504 e. The molecule has 1 aliphatic carbocycles. The summed E-state index contributed by atoms with van der Waals surface area (Å²) in [6, 6.07) is 9.27. The largest absolute Gasteiger partial charge is 0.504 e. The molecule has 18 heavy (non-hydrogen) atoms. The van der Waals surface area contributed by atoms with Gasteiger partial charge in [0.15, 0.2) is 5.76 Å². The van der Waals surface area contributed by atoms with Gasteiger partial charge in [0.25, 0.3) is 0 Å². The van der Waals surface area contributed by atoms with E-state index < -0.39 is 4.87 Å². The lowest BCUT2D eigenvalue weighted by atomic mass is 9.85. The van der Waals surface area contributed by atoms with Crippen molar-refractivity contribution in [3.8, 4) is 0 Å². The molecule has 0 saturated carbocycles. The molecule has 1 aromatic carbocycles. The molecule has 0 aliphatic heterocycles. The van der Waals surface area contributed by atoms with Crippen molar-refractivity contribution in [1.82, 2.24) is 0 Å². The van der Waals surface area contributed by atoms with E-state index in [2.05, 4.69) is 0 Å². The van der Waals surface area contributed by atoms with Crippen LogP contribution in [0.3, 0.4) is 0 Å². The van der Waals surface area contributed by atoms with Crippen molar-refractivity contribution in [2.75, 3.05) is 7.11 Å². The molecule has 0 radical (unpaired) electrons. The van der Waals surface area contributed by atoms with E-state index >= 15 is 0 Å². The molecule has 1 N–H and O–H groups in total. The summed E-state index contributed by atoms with van der Waals surface area (Å²) >= 11 is 6.34. The molecule has 94 valence electrons. The Morgan fingerprint density at radius 3 is 2.61 bits per heavy atom. The second kappa shape index (κ2) is 4.86. The van der Waals surface area contributed by atoms with E-state index in [0.717, 1.165) is 5.56 Å². The summed E-state index contributed by atoms with van der Waals surface area (Å²) in [4.78, 5) is 10.1. The van der Waals surface area contributed by atoms with Gasteiger partial charge in [-0.1, -0.05) is 30.3 Å². The first kappa shape index (κ1) is 12.7. The summed E-state index contributed by atoms with van der Waals surface area (Å²) in [6.45, 7) is 0. The number of hydrogen-bond donors (Lipinski definition) is 1. The number of carbonyl (C=O) groups is 1. The van der Waals surface area contributed by atoms with Crippen molar-refractivity contribution < 1.29 is 14.6 Å². The zero-order chi connectivity index (χ0) is 13.2. The number of aldehydes is 1. The maximum Gasteiger partial charge on any atom is 0.153 e. The van der Waals surface area contributed by atoms with Gasteiger partial charge in [-0.3, -0.25) is 0 Å². The van der Waals surface area contributed by atoms with Crippen molar-refractivity contribution in [3.05, 3.63) is 53.5 Å². The molecule has 3 nitrogen and oxygen atoms in total. The van der Waals surface area contributed by atoms with Crippen molar-refractivity contribution in [1.29, 1.82) is 0 Å². The zero-order valence-corrected chi connectivity index (χ0v) is 10.6. The predicted molar refractivity (Wildman–Crippen MR) is 70.3 cm³/mol. The van der Waals surface area contributed by atoms with Crippen LogP contribution < -0.4 is 0 Å². The van der Waals surface area contributed by atoms with Crippen LogP contribution in [0.1, 0.15) is 12.0 Å². The summed E-state index contributed by atoms with van der Waals surface area (Å²) in [7, 11) is 1.44. The molecule has 0 saturated heterocycles. The van der Waals surface area contributed by atoms with Crippen LogP contribution in [0.2, 0.25) is 0 Å². The number of hydrogen-bond acceptors (Lipinski definition) is 3. The smallest absolute Gasteiger partial charge is 0.153 e. The minimum absolute atomic E-state index is 0.00878. The monoisotopic (exact) mass is 264 g/mol. The Morgan fingerprint density at radius 2 is 2.06 bits per heavy atom. The number of rotatable bonds is 3. The zero-order valence-electron chi connectivity index (χ0n) is 9.89. The molecular weight excluding hydrogens is 252 g/mol. The van der Waals surface area contributed by atoms with Gasteiger partial charge < -0.3 is 14.6 Å². The fourth-order valence-corrected chi connectivity index (χ4v) is 2.26. The van der Waals surface area contributed by atoms with Crippen LogP contribution in [0.5, 0.6) is 0 Å².